The van der Waals surface area contributed by atoms with Crippen LogP contribution >= 0.6 is 0 Å². The summed E-state index contributed by atoms with van der Waals surface area (Å²) in [5.74, 6) is -2.60. The van der Waals surface area contributed by atoms with E-state index in [2.05, 4.69) is 10.6 Å². The van der Waals surface area contributed by atoms with Crippen LogP contribution in [0.25, 0.3) is 0 Å². The summed E-state index contributed by atoms with van der Waals surface area (Å²) in [7, 11) is 0. The Bertz CT molecular complexity index is 351. The number of nitrogens with one attached hydrogen (secondary N) is 2. The SMILES string of the molecule is NCC[C@H](N)C(=O)N[C@@H](CN)C(=O)N[C@@H](CN)C(=O)O. The van der Waals surface area contributed by atoms with E-state index in [1.807, 2.05) is 0 Å². The monoisotopic (exact) mass is 290 g/mol. The zero-order chi connectivity index (χ0) is 15.7. The van der Waals surface area contributed by atoms with Gasteiger partial charge in [-0.15, -0.1) is 0 Å². The van der Waals surface area contributed by atoms with Crippen molar-refractivity contribution in [2.24, 2.45) is 22.9 Å². The van der Waals surface area contributed by atoms with Crippen molar-refractivity contribution in [3.8, 4) is 0 Å². The summed E-state index contributed by atoms with van der Waals surface area (Å²) in [6, 6.07) is -3.18. The van der Waals surface area contributed by atoms with E-state index in [4.69, 9.17) is 28.0 Å². The van der Waals surface area contributed by atoms with E-state index in [0.29, 0.717) is 0 Å². The van der Waals surface area contributed by atoms with Gasteiger partial charge in [-0.25, -0.2) is 4.79 Å². The van der Waals surface area contributed by atoms with Crippen LogP contribution in [0.2, 0.25) is 0 Å². The molecule has 0 aromatic heterocycles. The van der Waals surface area contributed by atoms with E-state index < -0.39 is 35.9 Å². The Morgan fingerprint density at radius 2 is 1.45 bits per heavy atom. The van der Waals surface area contributed by atoms with Crippen LogP contribution in [-0.4, -0.2) is 60.6 Å². The molecule has 0 saturated heterocycles. The molecule has 3 atom stereocenters. The van der Waals surface area contributed by atoms with Crippen LogP contribution in [0.4, 0.5) is 0 Å². The molecule has 0 heterocycles. The number of amides is 2. The van der Waals surface area contributed by atoms with Crippen LogP contribution in [-0.2, 0) is 14.4 Å². The van der Waals surface area contributed by atoms with Crippen molar-refractivity contribution >= 4 is 17.8 Å². The number of carboxylic acid groups (broad SMARTS) is 1. The number of carboxylic acids is 1. The predicted octanol–water partition coefficient (Wildman–Crippen LogP) is -4.37. The maximum absolute atomic E-state index is 11.8. The van der Waals surface area contributed by atoms with E-state index >= 15 is 0 Å². The molecule has 0 aliphatic heterocycles. The second kappa shape index (κ2) is 9.20. The van der Waals surface area contributed by atoms with Crippen LogP contribution < -0.4 is 33.6 Å². The number of rotatable bonds is 9. The summed E-state index contributed by atoms with van der Waals surface area (Å²) in [5, 5.41) is 13.3. The van der Waals surface area contributed by atoms with Gasteiger partial charge in [0.05, 0.1) is 6.04 Å². The molecule has 0 rings (SSSR count). The average Bonchev–Trinajstić information content (AvgIpc) is 2.41. The molecule has 0 saturated carbocycles. The van der Waals surface area contributed by atoms with Gasteiger partial charge in [0.25, 0.3) is 0 Å². The number of aliphatic carboxylic acids is 1. The highest BCUT2D eigenvalue weighted by atomic mass is 16.4. The molecule has 0 aliphatic carbocycles. The maximum Gasteiger partial charge on any atom is 0.327 e. The van der Waals surface area contributed by atoms with Crippen LogP contribution in [0.15, 0.2) is 0 Å². The van der Waals surface area contributed by atoms with Gasteiger partial charge in [-0.3, -0.25) is 9.59 Å². The number of carbonyl (C=O) groups excluding carboxylic acids is 2. The lowest BCUT2D eigenvalue weighted by molar-refractivity contribution is -0.141. The third-order valence-electron chi connectivity index (χ3n) is 2.53. The highest BCUT2D eigenvalue weighted by molar-refractivity contribution is 5.91. The van der Waals surface area contributed by atoms with E-state index in [1.165, 1.54) is 0 Å². The third kappa shape index (κ3) is 5.93. The Balaban J connectivity index is 4.55. The lowest BCUT2D eigenvalue weighted by atomic mass is 10.1. The summed E-state index contributed by atoms with van der Waals surface area (Å²) in [4.78, 5) is 34.1. The minimum Gasteiger partial charge on any atom is -0.480 e. The van der Waals surface area contributed by atoms with Crippen LogP contribution in [0.5, 0.6) is 0 Å². The Kier molecular flexibility index (Phi) is 8.40. The molecular formula is C10H22N6O4. The fourth-order valence-electron chi connectivity index (χ4n) is 1.31. The molecule has 0 fully saturated rings. The number of hydrogen-bond donors (Lipinski definition) is 7. The second-order valence-corrected chi connectivity index (χ2v) is 4.12. The van der Waals surface area contributed by atoms with Crippen molar-refractivity contribution in [2.45, 2.75) is 24.5 Å². The van der Waals surface area contributed by atoms with Gasteiger partial charge in [-0.2, -0.15) is 0 Å². The first kappa shape index (κ1) is 18.2. The van der Waals surface area contributed by atoms with Crippen molar-refractivity contribution in [2.75, 3.05) is 19.6 Å². The highest BCUT2D eigenvalue weighted by Crippen LogP contribution is 1.91. The smallest absolute Gasteiger partial charge is 0.327 e. The molecule has 10 heteroatoms. The molecule has 0 bridgehead atoms. The summed E-state index contributed by atoms with van der Waals surface area (Å²) >= 11 is 0. The molecule has 0 aliphatic rings. The fraction of sp³-hybridized carbons (Fsp3) is 0.700. The first-order valence-electron chi connectivity index (χ1n) is 6.06. The van der Waals surface area contributed by atoms with E-state index in [1.54, 1.807) is 0 Å². The van der Waals surface area contributed by atoms with E-state index in [-0.39, 0.29) is 26.1 Å². The largest absolute Gasteiger partial charge is 0.480 e. The summed E-state index contributed by atoms with van der Waals surface area (Å²) < 4.78 is 0. The van der Waals surface area contributed by atoms with E-state index in [9.17, 15) is 14.4 Å². The van der Waals surface area contributed by atoms with E-state index in [0.717, 1.165) is 0 Å². The molecule has 11 N–H and O–H groups in total. The Morgan fingerprint density at radius 1 is 0.950 bits per heavy atom. The molecule has 10 nitrogen and oxygen atoms in total. The van der Waals surface area contributed by atoms with Crippen molar-refractivity contribution in [3.63, 3.8) is 0 Å². The summed E-state index contributed by atoms with van der Waals surface area (Å²) in [6.07, 6.45) is 0.255. The lowest BCUT2D eigenvalue weighted by Crippen LogP contribution is -2.58. The zero-order valence-electron chi connectivity index (χ0n) is 11.0. The predicted molar refractivity (Wildman–Crippen MR) is 71.3 cm³/mol. The number of nitrogens with two attached hydrogens (primary N) is 4. The summed E-state index contributed by atoms with van der Waals surface area (Å²) in [6.45, 7) is -0.259. The molecule has 0 spiro atoms. The minimum absolute atomic E-state index is 0.205. The first-order chi connectivity index (χ1) is 9.37. The molecule has 20 heavy (non-hydrogen) atoms. The van der Waals surface area contributed by atoms with Gasteiger partial charge in [0.15, 0.2) is 0 Å². The van der Waals surface area contributed by atoms with Gasteiger partial charge in [0.1, 0.15) is 12.1 Å². The van der Waals surface area contributed by atoms with Crippen molar-refractivity contribution in [1.82, 2.24) is 10.6 Å². The Labute approximate surface area is 116 Å². The Hall–Kier alpha value is -1.75. The highest BCUT2D eigenvalue weighted by Gasteiger charge is 2.26. The molecule has 0 radical (unpaired) electrons. The van der Waals surface area contributed by atoms with Crippen LogP contribution in [0.3, 0.4) is 0 Å². The average molecular weight is 290 g/mol. The van der Waals surface area contributed by atoms with Gasteiger partial charge >= 0.3 is 5.97 Å². The lowest BCUT2D eigenvalue weighted by Gasteiger charge is -2.21. The number of carbonyl (C=O) groups is 3. The standard InChI is InChI=1S/C10H22N6O4/c11-2-1-5(14)8(17)15-6(3-12)9(18)16-7(4-13)10(19)20/h5-7H,1-4,11-14H2,(H,15,17)(H,16,18)(H,19,20)/t5-,6-,7-/m0/s1. The molecule has 0 aromatic carbocycles. The van der Waals surface area contributed by atoms with Gasteiger partial charge in [-0.1, -0.05) is 0 Å². The summed E-state index contributed by atoms with van der Waals surface area (Å²) in [5.41, 5.74) is 21.4. The molecule has 116 valence electrons. The van der Waals surface area contributed by atoms with Gasteiger partial charge in [0, 0.05) is 13.1 Å². The van der Waals surface area contributed by atoms with Gasteiger partial charge in [-0.05, 0) is 13.0 Å². The van der Waals surface area contributed by atoms with Crippen molar-refractivity contribution < 1.29 is 19.5 Å². The zero-order valence-corrected chi connectivity index (χ0v) is 11.0. The second-order valence-electron chi connectivity index (χ2n) is 4.12. The van der Waals surface area contributed by atoms with Crippen molar-refractivity contribution in [3.05, 3.63) is 0 Å². The van der Waals surface area contributed by atoms with Crippen molar-refractivity contribution in [1.29, 1.82) is 0 Å². The quantitative estimate of drug-likeness (QED) is 0.221. The minimum atomic E-state index is -1.28. The molecule has 2 amide bonds. The first-order valence-corrected chi connectivity index (χ1v) is 6.06. The van der Waals surface area contributed by atoms with Gasteiger partial charge < -0.3 is 38.7 Å². The number of hydrogen-bond acceptors (Lipinski definition) is 7. The molecule has 0 unspecified atom stereocenters. The van der Waals surface area contributed by atoms with Crippen LogP contribution in [0, 0.1) is 0 Å². The molecule has 0 aromatic rings. The topological polar surface area (TPSA) is 200 Å². The van der Waals surface area contributed by atoms with Crippen LogP contribution in [0.1, 0.15) is 6.42 Å². The van der Waals surface area contributed by atoms with Gasteiger partial charge in [0.2, 0.25) is 11.8 Å². The maximum atomic E-state index is 11.8. The molecular weight excluding hydrogens is 268 g/mol. The third-order valence-corrected chi connectivity index (χ3v) is 2.53. The fourth-order valence-corrected chi connectivity index (χ4v) is 1.31. The normalized spacial score (nSPS) is 15.0. The Morgan fingerprint density at radius 3 is 1.85 bits per heavy atom.